The Morgan fingerprint density at radius 2 is 1.45 bits per heavy atom. The van der Waals surface area contributed by atoms with Crippen molar-refractivity contribution < 1.29 is 45.1 Å². The highest BCUT2D eigenvalue weighted by atomic mass is 35.5. The molecule has 47 heavy (non-hydrogen) atoms. The second-order valence-electron chi connectivity index (χ2n) is 9.37. The maximum Gasteiger partial charge on any atom is 0.422 e. The van der Waals surface area contributed by atoms with E-state index in [2.05, 4.69) is 10.6 Å². The van der Waals surface area contributed by atoms with Gasteiger partial charge >= 0.3 is 6.18 Å². The molecule has 4 aromatic carbocycles. The van der Waals surface area contributed by atoms with E-state index >= 15 is 0 Å². The molecule has 0 aliphatic carbocycles. The van der Waals surface area contributed by atoms with E-state index in [-0.39, 0.29) is 22.0 Å². The zero-order valence-electron chi connectivity index (χ0n) is 23.2. The van der Waals surface area contributed by atoms with Crippen LogP contribution in [-0.2, 0) is 15.8 Å². The van der Waals surface area contributed by atoms with Gasteiger partial charge in [0.2, 0.25) is 5.91 Å². The summed E-state index contributed by atoms with van der Waals surface area (Å²) in [7, 11) is 0. The number of benzene rings is 4. The molecule has 4 aromatic rings. The molecular formula is C31H18Cl2F7N3O3S. The lowest BCUT2D eigenvalue weighted by atomic mass is 10.1. The molecule has 4 rings (SSSR count). The highest BCUT2D eigenvalue weighted by molar-refractivity contribution is 8.00. The molecule has 0 aromatic heterocycles. The Hall–Kier alpha value is -4.53. The molecule has 0 aliphatic heterocycles. The van der Waals surface area contributed by atoms with E-state index in [9.17, 15) is 45.1 Å². The third-order valence-electron chi connectivity index (χ3n) is 6.06. The fourth-order valence-corrected chi connectivity index (χ4v) is 5.11. The van der Waals surface area contributed by atoms with Gasteiger partial charge in [-0.2, -0.15) is 13.2 Å². The quantitative estimate of drug-likeness (QED) is 0.0701. The molecule has 0 aliphatic rings. The van der Waals surface area contributed by atoms with Crippen molar-refractivity contribution in [1.29, 1.82) is 0 Å². The lowest BCUT2D eigenvalue weighted by molar-refractivity contribution is -0.143. The van der Waals surface area contributed by atoms with E-state index in [0.29, 0.717) is 15.5 Å². The molecule has 0 fully saturated rings. The summed E-state index contributed by atoms with van der Waals surface area (Å²) in [5, 5.41) is 7.18. The van der Waals surface area contributed by atoms with Gasteiger partial charge in [0.25, 0.3) is 11.8 Å². The lowest BCUT2D eigenvalue weighted by Gasteiger charge is -2.14. The predicted molar refractivity (Wildman–Crippen MR) is 164 cm³/mol. The van der Waals surface area contributed by atoms with Crippen LogP contribution in [0.15, 0.2) is 83.4 Å². The van der Waals surface area contributed by atoms with Gasteiger partial charge in [-0.25, -0.2) is 17.6 Å². The van der Waals surface area contributed by atoms with E-state index in [1.165, 1.54) is 60.7 Å². The highest BCUT2D eigenvalue weighted by Gasteiger charge is 2.42. The molecule has 0 atom stereocenters. The summed E-state index contributed by atoms with van der Waals surface area (Å²) in [6.07, 6.45) is -4.41. The Balaban J connectivity index is 1.49. The van der Waals surface area contributed by atoms with Crippen LogP contribution in [-0.4, -0.2) is 23.5 Å². The number of hydrogen-bond donors (Lipinski definition) is 3. The third-order valence-corrected chi connectivity index (χ3v) is 7.62. The van der Waals surface area contributed by atoms with E-state index in [1.54, 1.807) is 23.5 Å². The number of rotatable bonds is 9. The maximum absolute atomic E-state index is 14.2. The first-order valence-corrected chi connectivity index (χ1v) is 14.7. The summed E-state index contributed by atoms with van der Waals surface area (Å²) in [6, 6.07) is 18.3. The van der Waals surface area contributed by atoms with Gasteiger partial charge in [0, 0.05) is 26.2 Å². The largest absolute Gasteiger partial charge is 0.422 e. The van der Waals surface area contributed by atoms with Gasteiger partial charge in [-0.1, -0.05) is 53.5 Å². The Kier molecular flexibility index (Phi) is 11.2. The number of carbonyl (C=O) groups excluding carboxylic acids is 3. The van der Waals surface area contributed by atoms with Gasteiger partial charge in [0.05, 0.1) is 5.75 Å². The maximum atomic E-state index is 14.2. The second-order valence-corrected chi connectivity index (χ2v) is 11.3. The Bertz CT molecular complexity index is 1860. The Morgan fingerprint density at radius 3 is 2.06 bits per heavy atom. The minimum Gasteiger partial charge on any atom is -0.321 e. The van der Waals surface area contributed by atoms with Crippen molar-refractivity contribution in [3.63, 3.8) is 0 Å². The molecule has 0 heterocycles. The average Bonchev–Trinajstić information content (AvgIpc) is 3.02. The standard InChI is InChI=1S/C31H18Cl2F7N3O3S/c32-17-10-9-16(20(33)12-17)11-21(42-29(45)15-5-2-1-3-6-15)30(46)41-18-7-4-8-19(13-18)47-14-22(44)43-28-26(36)24(34)23(31(38,39)40)25(35)27(28)37/h1-13H,14H2,(H,41,46)(H,42,45)(H,43,44)/b21-11+. The van der Waals surface area contributed by atoms with Crippen LogP contribution in [0.2, 0.25) is 10.0 Å². The first-order chi connectivity index (χ1) is 22.1. The van der Waals surface area contributed by atoms with Crippen molar-refractivity contribution in [2.45, 2.75) is 11.1 Å². The van der Waals surface area contributed by atoms with Gasteiger partial charge < -0.3 is 16.0 Å². The summed E-state index contributed by atoms with van der Waals surface area (Å²) in [6.45, 7) is 0. The van der Waals surface area contributed by atoms with Crippen molar-refractivity contribution >= 4 is 70.1 Å². The van der Waals surface area contributed by atoms with Gasteiger partial charge in [-0.3, -0.25) is 14.4 Å². The van der Waals surface area contributed by atoms with E-state index < -0.39 is 64.2 Å². The van der Waals surface area contributed by atoms with Gasteiger partial charge in [-0.05, 0) is 54.1 Å². The molecule has 0 saturated heterocycles. The SMILES string of the molecule is O=C(CSc1cccc(NC(=O)/C(=C\c2ccc(Cl)cc2Cl)NC(=O)c2ccccc2)c1)Nc1c(F)c(F)c(C(F)(F)F)c(F)c1F. The normalized spacial score (nSPS) is 11.6. The third kappa shape index (κ3) is 8.84. The molecule has 244 valence electrons. The molecule has 0 bridgehead atoms. The van der Waals surface area contributed by atoms with Crippen LogP contribution in [0, 0.1) is 23.3 Å². The summed E-state index contributed by atoms with van der Waals surface area (Å²) in [5.74, 6) is -13.5. The van der Waals surface area contributed by atoms with Crippen molar-refractivity contribution in [2.75, 3.05) is 16.4 Å². The zero-order valence-corrected chi connectivity index (χ0v) is 25.6. The van der Waals surface area contributed by atoms with E-state index in [0.717, 1.165) is 11.8 Å². The van der Waals surface area contributed by atoms with Crippen molar-refractivity contribution in [2.24, 2.45) is 0 Å². The molecule has 0 spiro atoms. The first-order valence-electron chi connectivity index (χ1n) is 13.0. The molecular weight excluding hydrogens is 698 g/mol. The lowest BCUT2D eigenvalue weighted by Crippen LogP contribution is -2.30. The highest BCUT2D eigenvalue weighted by Crippen LogP contribution is 2.38. The molecule has 6 nitrogen and oxygen atoms in total. The number of alkyl halides is 3. The van der Waals surface area contributed by atoms with Crippen LogP contribution in [0.25, 0.3) is 6.08 Å². The summed E-state index contributed by atoms with van der Waals surface area (Å²) in [5.41, 5.74) is -3.92. The van der Waals surface area contributed by atoms with Gasteiger partial charge in [0.1, 0.15) is 16.9 Å². The number of nitrogens with one attached hydrogen (secondary N) is 3. The molecule has 3 amide bonds. The molecule has 16 heteroatoms. The second kappa shape index (κ2) is 14.9. The number of halogens is 9. The van der Waals surface area contributed by atoms with Crippen molar-refractivity contribution in [1.82, 2.24) is 5.32 Å². The predicted octanol–water partition coefficient (Wildman–Crippen LogP) is 8.71. The molecule has 0 unspecified atom stereocenters. The van der Waals surface area contributed by atoms with Crippen molar-refractivity contribution in [3.8, 4) is 0 Å². The average molecular weight is 716 g/mol. The van der Waals surface area contributed by atoms with E-state index in [4.69, 9.17) is 23.2 Å². The van der Waals surface area contributed by atoms with Gasteiger partial charge in [0.15, 0.2) is 23.3 Å². The fraction of sp³-hybridized carbons (Fsp3) is 0.0645. The molecule has 0 saturated carbocycles. The molecule has 0 radical (unpaired) electrons. The summed E-state index contributed by atoms with van der Waals surface area (Å²) >= 11 is 13.0. The topological polar surface area (TPSA) is 87.3 Å². The van der Waals surface area contributed by atoms with Crippen LogP contribution in [0.1, 0.15) is 21.5 Å². The van der Waals surface area contributed by atoms with E-state index in [1.807, 2.05) is 0 Å². The number of hydrogen-bond acceptors (Lipinski definition) is 4. The Morgan fingerprint density at radius 1 is 0.787 bits per heavy atom. The van der Waals surface area contributed by atoms with Crippen LogP contribution < -0.4 is 16.0 Å². The zero-order chi connectivity index (χ0) is 34.5. The van der Waals surface area contributed by atoms with Crippen LogP contribution >= 0.6 is 35.0 Å². The minimum absolute atomic E-state index is 0.173. The number of thioether (sulfide) groups is 1. The van der Waals surface area contributed by atoms with Crippen molar-refractivity contribution in [3.05, 3.63) is 128 Å². The first kappa shape index (κ1) is 35.3. The Labute approximate surface area is 275 Å². The van der Waals surface area contributed by atoms with Gasteiger partial charge in [-0.15, -0.1) is 11.8 Å². The monoisotopic (exact) mass is 715 g/mol. The number of carbonyl (C=O) groups is 3. The molecule has 3 N–H and O–H groups in total. The van der Waals surface area contributed by atoms with Crippen LogP contribution in [0.5, 0.6) is 0 Å². The fourth-order valence-electron chi connectivity index (χ4n) is 3.89. The summed E-state index contributed by atoms with van der Waals surface area (Å²) < 4.78 is 94.6. The van der Waals surface area contributed by atoms with Crippen LogP contribution in [0.3, 0.4) is 0 Å². The smallest absolute Gasteiger partial charge is 0.321 e. The number of amides is 3. The van der Waals surface area contributed by atoms with Crippen LogP contribution in [0.4, 0.5) is 42.1 Å². The minimum atomic E-state index is -5.73. The number of anilines is 2. The summed E-state index contributed by atoms with van der Waals surface area (Å²) in [4.78, 5) is 38.8.